The number of aryl methyl sites for hydroxylation is 2. The highest BCUT2D eigenvalue weighted by Crippen LogP contribution is 2.32. The van der Waals surface area contributed by atoms with Crippen molar-refractivity contribution in [3.63, 3.8) is 0 Å². The van der Waals surface area contributed by atoms with Crippen LogP contribution in [0.5, 0.6) is 0 Å². The summed E-state index contributed by atoms with van der Waals surface area (Å²) in [6, 6.07) is 0. The summed E-state index contributed by atoms with van der Waals surface area (Å²) >= 11 is 1.53. The number of sulfonamides is 1. The Bertz CT molecular complexity index is 1080. The SMILES string of the molecule is Cc1noc(C)c1CSCC(=O)N1CCN(S(=O)(=O)c2c(C)c(C)c(C)c(C)c2C)CC1. The number of benzene rings is 1. The summed E-state index contributed by atoms with van der Waals surface area (Å²) in [7, 11) is -3.62. The Hall–Kier alpha value is -1.84. The Morgan fingerprint density at radius 2 is 1.44 bits per heavy atom. The fourth-order valence-electron chi connectivity index (χ4n) is 4.20. The Balaban J connectivity index is 1.63. The predicted octanol–water partition coefficient (Wildman–Crippen LogP) is 3.60. The van der Waals surface area contributed by atoms with Crippen LogP contribution in [0.15, 0.2) is 9.42 Å². The molecule has 1 aromatic heterocycles. The van der Waals surface area contributed by atoms with Crippen LogP contribution < -0.4 is 0 Å². The number of hydrogen-bond acceptors (Lipinski definition) is 6. The zero-order valence-electron chi connectivity index (χ0n) is 20.0. The molecule has 3 rings (SSSR count). The van der Waals surface area contributed by atoms with Gasteiger partial charge in [-0.25, -0.2) is 8.42 Å². The summed E-state index contributed by atoms with van der Waals surface area (Å²) in [5.74, 6) is 1.85. The van der Waals surface area contributed by atoms with Gasteiger partial charge in [-0.2, -0.15) is 4.31 Å². The number of carbonyl (C=O) groups is 1. The first kappa shape index (κ1) is 24.8. The highest BCUT2D eigenvalue weighted by molar-refractivity contribution is 7.99. The van der Waals surface area contributed by atoms with Crippen LogP contribution in [-0.4, -0.2) is 60.6 Å². The second-order valence-electron chi connectivity index (χ2n) is 8.53. The maximum atomic E-state index is 13.5. The summed E-state index contributed by atoms with van der Waals surface area (Å²) in [4.78, 5) is 14.8. The number of amides is 1. The molecule has 0 atom stereocenters. The standard InChI is InChI=1S/C23H33N3O4S2/c1-14-15(2)17(4)23(18(5)16(14)3)32(28,29)26-10-8-25(9-11-26)22(27)13-31-12-21-19(6)24-30-20(21)7/h8-13H2,1-7H3. The normalized spacial score (nSPS) is 15.4. The summed E-state index contributed by atoms with van der Waals surface area (Å²) in [5.41, 5.74) is 6.72. The summed E-state index contributed by atoms with van der Waals surface area (Å²) in [5, 5.41) is 3.94. The molecule has 1 aliphatic rings. The van der Waals surface area contributed by atoms with Crippen LogP contribution in [0.25, 0.3) is 0 Å². The van der Waals surface area contributed by atoms with Crippen molar-refractivity contribution in [1.82, 2.24) is 14.4 Å². The van der Waals surface area contributed by atoms with Gasteiger partial charge in [-0.15, -0.1) is 11.8 Å². The molecule has 0 spiro atoms. The lowest BCUT2D eigenvalue weighted by Crippen LogP contribution is -2.51. The minimum Gasteiger partial charge on any atom is -0.361 e. The number of piperazine rings is 1. The van der Waals surface area contributed by atoms with Crippen molar-refractivity contribution >= 4 is 27.7 Å². The van der Waals surface area contributed by atoms with Gasteiger partial charge in [0.2, 0.25) is 15.9 Å². The Labute approximate surface area is 195 Å². The van der Waals surface area contributed by atoms with Crippen LogP contribution in [0.2, 0.25) is 0 Å². The van der Waals surface area contributed by atoms with Crippen LogP contribution in [0.3, 0.4) is 0 Å². The fraction of sp³-hybridized carbons (Fsp3) is 0.565. The molecule has 7 nitrogen and oxygen atoms in total. The second kappa shape index (κ2) is 9.57. The quantitative estimate of drug-likeness (QED) is 0.630. The molecule has 1 aliphatic heterocycles. The molecule has 0 radical (unpaired) electrons. The maximum absolute atomic E-state index is 13.5. The molecule has 32 heavy (non-hydrogen) atoms. The van der Waals surface area contributed by atoms with E-state index in [0.717, 1.165) is 44.8 Å². The van der Waals surface area contributed by atoms with Crippen molar-refractivity contribution in [2.24, 2.45) is 0 Å². The number of thioether (sulfide) groups is 1. The minimum atomic E-state index is -3.62. The molecule has 176 valence electrons. The lowest BCUT2D eigenvalue weighted by molar-refractivity contribution is -0.129. The van der Waals surface area contributed by atoms with Crippen LogP contribution in [0.4, 0.5) is 0 Å². The van der Waals surface area contributed by atoms with E-state index in [1.807, 2.05) is 48.5 Å². The molecule has 9 heteroatoms. The highest BCUT2D eigenvalue weighted by Gasteiger charge is 2.33. The Morgan fingerprint density at radius 3 is 1.94 bits per heavy atom. The van der Waals surface area contributed by atoms with Gasteiger partial charge in [0.15, 0.2) is 0 Å². The van der Waals surface area contributed by atoms with Gasteiger partial charge in [-0.3, -0.25) is 4.79 Å². The Morgan fingerprint density at radius 1 is 0.906 bits per heavy atom. The van der Waals surface area contributed by atoms with Crippen molar-refractivity contribution in [2.75, 3.05) is 31.9 Å². The lowest BCUT2D eigenvalue weighted by Gasteiger charge is -2.35. The number of rotatable bonds is 6. The van der Waals surface area contributed by atoms with Gasteiger partial charge in [0, 0.05) is 37.5 Å². The van der Waals surface area contributed by atoms with Crippen molar-refractivity contribution < 1.29 is 17.7 Å². The largest absolute Gasteiger partial charge is 0.361 e. The van der Waals surface area contributed by atoms with E-state index >= 15 is 0 Å². The van der Waals surface area contributed by atoms with E-state index in [1.54, 1.807) is 4.90 Å². The summed E-state index contributed by atoms with van der Waals surface area (Å²) < 4.78 is 33.7. The van der Waals surface area contributed by atoms with E-state index in [2.05, 4.69) is 5.16 Å². The van der Waals surface area contributed by atoms with Crippen LogP contribution in [0.1, 0.15) is 44.8 Å². The van der Waals surface area contributed by atoms with Gasteiger partial charge in [-0.05, 0) is 76.3 Å². The molecular formula is C23H33N3O4S2. The molecule has 1 saturated heterocycles. The Kier molecular flexibility index (Phi) is 7.41. The molecule has 2 heterocycles. The van der Waals surface area contributed by atoms with Gasteiger partial charge < -0.3 is 9.42 Å². The van der Waals surface area contributed by atoms with Crippen LogP contribution in [-0.2, 0) is 20.6 Å². The van der Waals surface area contributed by atoms with E-state index in [1.165, 1.54) is 16.1 Å². The number of aromatic nitrogens is 1. The monoisotopic (exact) mass is 479 g/mol. The van der Waals surface area contributed by atoms with Gasteiger partial charge in [0.05, 0.1) is 16.3 Å². The third-order valence-electron chi connectivity index (χ3n) is 6.77. The molecule has 0 saturated carbocycles. The molecule has 0 unspecified atom stereocenters. The third-order valence-corrected chi connectivity index (χ3v) is 9.89. The van der Waals surface area contributed by atoms with Crippen molar-refractivity contribution in [1.29, 1.82) is 0 Å². The smallest absolute Gasteiger partial charge is 0.243 e. The number of carbonyl (C=O) groups excluding carboxylic acids is 1. The second-order valence-corrected chi connectivity index (χ2v) is 11.4. The summed E-state index contributed by atoms with van der Waals surface area (Å²) in [6.45, 7) is 15.0. The maximum Gasteiger partial charge on any atom is 0.243 e. The van der Waals surface area contributed by atoms with E-state index in [0.29, 0.717) is 42.6 Å². The molecule has 1 fully saturated rings. The zero-order valence-corrected chi connectivity index (χ0v) is 21.7. The molecule has 2 aromatic rings. The van der Waals surface area contributed by atoms with Crippen LogP contribution >= 0.6 is 11.8 Å². The van der Waals surface area contributed by atoms with Gasteiger partial charge >= 0.3 is 0 Å². The van der Waals surface area contributed by atoms with E-state index in [9.17, 15) is 13.2 Å². The first-order valence-corrected chi connectivity index (χ1v) is 13.4. The number of hydrogen-bond donors (Lipinski definition) is 0. The predicted molar refractivity (Wildman–Crippen MR) is 128 cm³/mol. The number of nitrogens with zero attached hydrogens (tertiary/aromatic N) is 3. The van der Waals surface area contributed by atoms with Gasteiger partial charge in [0.1, 0.15) is 5.76 Å². The van der Waals surface area contributed by atoms with Gasteiger partial charge in [0.25, 0.3) is 0 Å². The summed E-state index contributed by atoms with van der Waals surface area (Å²) in [6.07, 6.45) is 0. The molecule has 0 aliphatic carbocycles. The molecule has 0 bridgehead atoms. The molecule has 1 amide bonds. The van der Waals surface area contributed by atoms with E-state index in [4.69, 9.17) is 4.52 Å². The molecular weight excluding hydrogens is 446 g/mol. The third kappa shape index (κ3) is 4.61. The van der Waals surface area contributed by atoms with E-state index in [-0.39, 0.29) is 5.91 Å². The van der Waals surface area contributed by atoms with Gasteiger partial charge in [-0.1, -0.05) is 5.16 Å². The first-order valence-electron chi connectivity index (χ1n) is 10.8. The van der Waals surface area contributed by atoms with Crippen LogP contribution in [0, 0.1) is 48.5 Å². The average molecular weight is 480 g/mol. The highest BCUT2D eigenvalue weighted by atomic mass is 32.2. The topological polar surface area (TPSA) is 83.7 Å². The van der Waals surface area contributed by atoms with Crippen molar-refractivity contribution in [2.45, 2.75) is 59.1 Å². The minimum absolute atomic E-state index is 0.0354. The molecule has 0 N–H and O–H groups in total. The zero-order chi connectivity index (χ0) is 23.8. The molecule has 1 aromatic carbocycles. The van der Waals surface area contributed by atoms with E-state index < -0.39 is 10.0 Å². The van der Waals surface area contributed by atoms with Crippen molar-refractivity contribution in [3.05, 3.63) is 44.8 Å². The lowest BCUT2D eigenvalue weighted by atomic mass is 9.95. The average Bonchev–Trinajstić information content (AvgIpc) is 3.08. The first-order chi connectivity index (χ1) is 15.0. The fourth-order valence-corrected chi connectivity index (χ4v) is 7.26. The van der Waals surface area contributed by atoms with Crippen molar-refractivity contribution in [3.8, 4) is 0 Å².